The molecular weight excluding hydrogens is 439 g/mol. The largest absolute Gasteiger partial charge is 0.398 e. The van der Waals surface area contributed by atoms with Crippen LogP contribution in [-0.2, 0) is 0 Å². The molecular formula is C25H26ClFN6. The topological polar surface area (TPSA) is 82.1 Å². The van der Waals surface area contributed by atoms with Gasteiger partial charge in [0.1, 0.15) is 5.82 Å². The van der Waals surface area contributed by atoms with Crippen LogP contribution in [0.15, 0.2) is 42.6 Å². The van der Waals surface area contributed by atoms with Gasteiger partial charge in [-0.2, -0.15) is 0 Å². The van der Waals surface area contributed by atoms with E-state index in [9.17, 15) is 4.39 Å². The van der Waals surface area contributed by atoms with E-state index in [4.69, 9.17) is 27.7 Å². The van der Waals surface area contributed by atoms with E-state index in [-0.39, 0.29) is 11.3 Å². The molecule has 5 rings (SSSR count). The average molecular weight is 465 g/mol. The Hall–Kier alpha value is -3.03. The van der Waals surface area contributed by atoms with Gasteiger partial charge in [0.2, 0.25) is 0 Å². The average Bonchev–Trinajstić information content (AvgIpc) is 3.11. The maximum atomic E-state index is 14.4. The normalized spacial score (nSPS) is 21.2. The molecule has 0 spiro atoms. The Balaban J connectivity index is 1.49. The minimum absolute atomic E-state index is 0.117. The number of rotatable bonds is 5. The van der Waals surface area contributed by atoms with Crippen molar-refractivity contribution < 1.29 is 4.39 Å². The van der Waals surface area contributed by atoms with Gasteiger partial charge in [-0.15, -0.1) is 0 Å². The molecule has 8 heteroatoms. The molecule has 0 aliphatic carbocycles. The van der Waals surface area contributed by atoms with Crippen LogP contribution in [0.5, 0.6) is 0 Å². The highest BCUT2D eigenvalue weighted by Gasteiger charge is 2.46. The number of nitrogens with two attached hydrogens (primary N) is 1. The molecule has 2 atom stereocenters. The summed E-state index contributed by atoms with van der Waals surface area (Å²) in [7, 11) is 0. The summed E-state index contributed by atoms with van der Waals surface area (Å²) in [5.41, 5.74) is 9.85. The van der Waals surface area contributed by atoms with E-state index in [1.807, 2.05) is 18.3 Å². The monoisotopic (exact) mass is 464 g/mol. The van der Waals surface area contributed by atoms with Gasteiger partial charge in [0.05, 0.1) is 34.3 Å². The molecule has 170 valence electrons. The Morgan fingerprint density at radius 1 is 1.18 bits per heavy atom. The number of pyridine rings is 2. The van der Waals surface area contributed by atoms with E-state index in [1.54, 1.807) is 6.07 Å². The van der Waals surface area contributed by atoms with E-state index < -0.39 is 5.82 Å². The first-order valence-corrected chi connectivity index (χ1v) is 11.5. The molecule has 6 nitrogen and oxygen atoms in total. The molecule has 2 aliphatic heterocycles. The molecule has 0 amide bonds. The number of likely N-dealkylation sites (tertiary alicyclic amines) is 1. The van der Waals surface area contributed by atoms with Crippen LogP contribution in [-0.4, -0.2) is 52.8 Å². The highest BCUT2D eigenvalue weighted by Crippen LogP contribution is 2.36. The van der Waals surface area contributed by atoms with Crippen LogP contribution in [0.3, 0.4) is 0 Å². The van der Waals surface area contributed by atoms with Crippen molar-refractivity contribution in [2.45, 2.75) is 25.9 Å². The van der Waals surface area contributed by atoms with E-state index in [2.05, 4.69) is 28.6 Å². The van der Waals surface area contributed by atoms with Crippen LogP contribution in [0.2, 0.25) is 5.02 Å². The lowest BCUT2D eigenvalue weighted by Gasteiger charge is -2.46. The SMILES string of the molecule is CC(C)N1CC2CN(c3cnc4ccc(C(C=N)=C(N)c5cc(Cl)ccc5F)nc4c3)CC21. The van der Waals surface area contributed by atoms with Gasteiger partial charge in [-0.25, -0.2) is 9.37 Å². The lowest BCUT2D eigenvalue weighted by atomic mass is 9.90. The number of nitrogens with one attached hydrogen (secondary N) is 1. The van der Waals surface area contributed by atoms with E-state index in [0.717, 1.165) is 37.1 Å². The first kappa shape index (κ1) is 21.8. The first-order chi connectivity index (χ1) is 15.9. The highest BCUT2D eigenvalue weighted by atomic mass is 35.5. The van der Waals surface area contributed by atoms with Crippen molar-refractivity contribution in [1.29, 1.82) is 5.41 Å². The number of benzene rings is 1. The number of hydrogen-bond acceptors (Lipinski definition) is 6. The van der Waals surface area contributed by atoms with Crippen LogP contribution < -0.4 is 10.6 Å². The second-order valence-electron chi connectivity index (χ2n) is 9.05. The summed E-state index contributed by atoms with van der Waals surface area (Å²) < 4.78 is 14.4. The highest BCUT2D eigenvalue weighted by molar-refractivity contribution is 6.31. The minimum atomic E-state index is -0.500. The minimum Gasteiger partial charge on any atom is -0.398 e. The fourth-order valence-electron chi connectivity index (χ4n) is 4.94. The molecule has 4 heterocycles. The van der Waals surface area contributed by atoms with E-state index >= 15 is 0 Å². The van der Waals surface area contributed by atoms with Crippen molar-refractivity contribution in [3.8, 4) is 0 Å². The molecule has 1 aromatic carbocycles. The first-order valence-electron chi connectivity index (χ1n) is 11.1. The molecule has 2 fully saturated rings. The Kier molecular flexibility index (Phi) is 5.54. The quantitative estimate of drug-likeness (QED) is 0.546. The number of fused-ring (bicyclic) bond motifs is 2. The number of hydrogen-bond donors (Lipinski definition) is 2. The third-order valence-corrected chi connectivity index (χ3v) is 6.99. The fourth-order valence-corrected chi connectivity index (χ4v) is 5.11. The maximum Gasteiger partial charge on any atom is 0.132 e. The molecule has 33 heavy (non-hydrogen) atoms. The smallest absolute Gasteiger partial charge is 0.132 e. The van der Waals surface area contributed by atoms with Gasteiger partial charge in [-0.1, -0.05) is 11.6 Å². The number of allylic oxidation sites excluding steroid dienone is 1. The lowest BCUT2D eigenvalue weighted by molar-refractivity contribution is 0.0218. The van der Waals surface area contributed by atoms with E-state index in [0.29, 0.717) is 39.8 Å². The van der Waals surface area contributed by atoms with Crippen LogP contribution >= 0.6 is 11.6 Å². The summed E-state index contributed by atoms with van der Waals surface area (Å²) in [6.45, 7) is 7.65. The van der Waals surface area contributed by atoms with E-state index in [1.165, 1.54) is 18.2 Å². The van der Waals surface area contributed by atoms with Crippen molar-refractivity contribution in [2.75, 3.05) is 24.5 Å². The molecule has 2 saturated heterocycles. The van der Waals surface area contributed by atoms with Gasteiger partial charge in [0.25, 0.3) is 0 Å². The summed E-state index contributed by atoms with van der Waals surface area (Å²) in [6.07, 6.45) is 3.00. The molecule has 3 aromatic rings. The van der Waals surface area contributed by atoms with Gasteiger partial charge in [-0.05, 0) is 50.2 Å². The van der Waals surface area contributed by atoms with Gasteiger partial charge in [0, 0.05) is 60.0 Å². The number of anilines is 1. The standard InChI is InChI=1S/C25H26ClFN6/c1-14(2)33-12-15-11-32(13-24(15)33)17-8-23-22(30-10-17)6-5-21(31-23)19(9-28)25(29)18-7-16(26)3-4-20(18)27/h3-10,14-15,24,28H,11-13,29H2,1-2H3. The fraction of sp³-hybridized carbons (Fsp3) is 0.320. The van der Waals surface area contributed by atoms with Crippen molar-refractivity contribution in [1.82, 2.24) is 14.9 Å². The summed E-state index contributed by atoms with van der Waals surface area (Å²) in [5, 5.41) is 8.28. The van der Waals surface area contributed by atoms with Crippen LogP contribution in [0.4, 0.5) is 10.1 Å². The molecule has 2 aliphatic rings. The summed E-state index contributed by atoms with van der Waals surface area (Å²) >= 11 is 6.03. The Morgan fingerprint density at radius 2 is 2.00 bits per heavy atom. The second-order valence-corrected chi connectivity index (χ2v) is 9.48. The lowest BCUT2D eigenvalue weighted by Crippen LogP contribution is -2.58. The third-order valence-electron chi connectivity index (χ3n) is 6.76. The second kappa shape index (κ2) is 8.39. The van der Waals surface area contributed by atoms with Crippen molar-refractivity contribution in [3.05, 3.63) is 64.7 Å². The zero-order valence-electron chi connectivity index (χ0n) is 18.6. The van der Waals surface area contributed by atoms with Gasteiger partial charge >= 0.3 is 0 Å². The van der Waals surface area contributed by atoms with Crippen LogP contribution in [0.25, 0.3) is 22.3 Å². The van der Waals surface area contributed by atoms with Crippen LogP contribution in [0.1, 0.15) is 25.1 Å². The van der Waals surface area contributed by atoms with Crippen LogP contribution in [0, 0.1) is 17.1 Å². The van der Waals surface area contributed by atoms with Gasteiger partial charge in [0.15, 0.2) is 0 Å². The van der Waals surface area contributed by atoms with Crippen molar-refractivity contribution in [3.63, 3.8) is 0 Å². The third kappa shape index (κ3) is 3.85. The molecule has 3 N–H and O–H groups in total. The molecule has 2 aromatic heterocycles. The molecule has 0 bridgehead atoms. The Bertz CT molecular complexity index is 1270. The van der Waals surface area contributed by atoms with Crippen molar-refractivity contribution >= 4 is 45.8 Å². The number of halogens is 2. The molecule has 2 unspecified atom stereocenters. The molecule has 0 radical (unpaired) electrons. The Morgan fingerprint density at radius 3 is 2.76 bits per heavy atom. The zero-order chi connectivity index (χ0) is 23.3. The van der Waals surface area contributed by atoms with Gasteiger partial charge in [-0.3, -0.25) is 9.88 Å². The summed E-state index contributed by atoms with van der Waals surface area (Å²) in [5.74, 6) is 0.197. The van der Waals surface area contributed by atoms with Crippen molar-refractivity contribution in [2.24, 2.45) is 11.7 Å². The van der Waals surface area contributed by atoms with Gasteiger partial charge < -0.3 is 16.0 Å². The summed E-state index contributed by atoms with van der Waals surface area (Å²) in [4.78, 5) is 14.3. The predicted octanol–water partition coefficient (Wildman–Crippen LogP) is 4.43. The number of aromatic nitrogens is 2. The predicted molar refractivity (Wildman–Crippen MR) is 132 cm³/mol. The Labute approximate surface area is 197 Å². The summed E-state index contributed by atoms with van der Waals surface area (Å²) in [6, 6.07) is 11.0. The zero-order valence-corrected chi connectivity index (χ0v) is 19.4. The molecule has 0 saturated carbocycles. The number of nitrogens with zero attached hydrogens (tertiary/aromatic N) is 4. The maximum absolute atomic E-state index is 14.4.